The number of rotatable bonds is 9. The molecule has 1 aliphatic rings. The molecule has 2 N–H and O–H groups in total. The van der Waals surface area contributed by atoms with Gasteiger partial charge in [-0.2, -0.15) is 0 Å². The summed E-state index contributed by atoms with van der Waals surface area (Å²) in [5, 5.41) is 21.2. The van der Waals surface area contributed by atoms with Crippen LogP contribution in [0, 0.1) is 5.92 Å². The summed E-state index contributed by atoms with van der Waals surface area (Å²) in [4.78, 5) is 2.16. The molecule has 1 heterocycles. The van der Waals surface area contributed by atoms with Gasteiger partial charge in [0.15, 0.2) is 0 Å². The molecule has 0 radical (unpaired) electrons. The van der Waals surface area contributed by atoms with E-state index in [-0.39, 0.29) is 12.0 Å². The Hall–Kier alpha value is -2.50. The predicted octanol–water partition coefficient (Wildman–Crippen LogP) is 4.60. The molecule has 0 aliphatic carbocycles. The highest BCUT2D eigenvalue weighted by molar-refractivity contribution is 5.29. The highest BCUT2D eigenvalue weighted by Gasteiger charge is 2.29. The zero-order valence-corrected chi connectivity index (χ0v) is 18.5. The molecule has 4 rings (SSSR count). The van der Waals surface area contributed by atoms with Crippen molar-refractivity contribution in [2.45, 2.75) is 31.2 Å². The summed E-state index contributed by atoms with van der Waals surface area (Å²) >= 11 is 0. The number of nitrogens with zero attached hydrogens (tertiary/aromatic N) is 1. The van der Waals surface area contributed by atoms with Crippen LogP contribution in [-0.4, -0.2) is 47.5 Å². The average molecular weight is 432 g/mol. The van der Waals surface area contributed by atoms with Crippen LogP contribution < -0.4 is 0 Å². The van der Waals surface area contributed by atoms with E-state index in [0.717, 1.165) is 36.1 Å². The van der Waals surface area contributed by atoms with Crippen LogP contribution in [0.5, 0.6) is 0 Å². The number of piperidine rings is 1. The maximum absolute atomic E-state index is 10.7. The van der Waals surface area contributed by atoms with E-state index in [4.69, 9.17) is 4.74 Å². The van der Waals surface area contributed by atoms with Gasteiger partial charge in [0.05, 0.1) is 12.2 Å². The fourth-order valence-electron chi connectivity index (χ4n) is 4.55. The number of likely N-dealkylation sites (tertiary alicyclic amines) is 1. The maximum Gasteiger partial charge on any atom is 0.108 e. The molecule has 4 nitrogen and oxygen atoms in total. The van der Waals surface area contributed by atoms with E-state index in [1.165, 1.54) is 0 Å². The summed E-state index contributed by atoms with van der Waals surface area (Å²) in [6.45, 7) is 2.62. The first-order valence-electron chi connectivity index (χ1n) is 11.6. The summed E-state index contributed by atoms with van der Waals surface area (Å²) in [5.41, 5.74) is 3.21. The Morgan fingerprint density at radius 2 is 1.34 bits per heavy atom. The van der Waals surface area contributed by atoms with Crippen LogP contribution in [0.4, 0.5) is 0 Å². The van der Waals surface area contributed by atoms with Crippen LogP contribution in [0.2, 0.25) is 0 Å². The van der Waals surface area contributed by atoms with E-state index in [9.17, 15) is 10.2 Å². The molecule has 1 unspecified atom stereocenters. The predicted molar refractivity (Wildman–Crippen MR) is 127 cm³/mol. The Bertz CT molecular complexity index is 880. The van der Waals surface area contributed by atoms with Crippen molar-refractivity contribution < 1.29 is 14.9 Å². The Morgan fingerprint density at radius 1 is 0.812 bits per heavy atom. The summed E-state index contributed by atoms with van der Waals surface area (Å²) < 4.78 is 6.35. The van der Waals surface area contributed by atoms with Crippen molar-refractivity contribution in [3.8, 4) is 0 Å². The average Bonchev–Trinajstić information content (AvgIpc) is 2.84. The van der Waals surface area contributed by atoms with E-state index in [0.29, 0.717) is 19.7 Å². The number of hydrogen-bond donors (Lipinski definition) is 2. The monoisotopic (exact) mass is 431 g/mol. The number of aliphatic hydroxyl groups excluding tert-OH is 2. The van der Waals surface area contributed by atoms with Gasteiger partial charge in [-0.05, 0) is 42.0 Å². The topological polar surface area (TPSA) is 52.9 Å². The third-order valence-electron chi connectivity index (χ3n) is 6.40. The minimum Gasteiger partial charge on any atom is -0.392 e. The Balaban J connectivity index is 1.28. The summed E-state index contributed by atoms with van der Waals surface area (Å²) in [7, 11) is 0. The fourth-order valence-corrected chi connectivity index (χ4v) is 4.55. The standard InChI is InChI=1S/C28H33NO3/c30-26(22-10-4-1-5-11-22)20-29-18-16-23(27(31)21-29)17-19-32-28(24-12-6-2-7-13-24)25-14-8-3-9-15-25/h1-15,23,26-28,30-31H,16-21H2/t23?,26-,27+/m1/s1. The zero-order valence-electron chi connectivity index (χ0n) is 18.5. The third-order valence-corrected chi connectivity index (χ3v) is 6.40. The van der Waals surface area contributed by atoms with Crippen molar-refractivity contribution >= 4 is 0 Å². The minimum atomic E-state index is -0.527. The zero-order chi connectivity index (χ0) is 22.2. The quantitative estimate of drug-likeness (QED) is 0.520. The minimum absolute atomic E-state index is 0.101. The summed E-state index contributed by atoms with van der Waals surface area (Å²) in [5.74, 6) is 0.215. The van der Waals surface area contributed by atoms with Gasteiger partial charge >= 0.3 is 0 Å². The van der Waals surface area contributed by atoms with Crippen molar-refractivity contribution in [1.82, 2.24) is 4.90 Å². The van der Waals surface area contributed by atoms with E-state index in [1.54, 1.807) is 0 Å². The molecular weight excluding hydrogens is 398 g/mol. The van der Waals surface area contributed by atoms with Crippen molar-refractivity contribution in [2.24, 2.45) is 5.92 Å². The normalized spacial score (nSPS) is 20.3. The summed E-state index contributed by atoms with van der Waals surface area (Å²) in [6, 6.07) is 30.3. The lowest BCUT2D eigenvalue weighted by atomic mass is 9.90. The van der Waals surface area contributed by atoms with Gasteiger partial charge in [-0.3, -0.25) is 4.90 Å². The highest BCUT2D eigenvalue weighted by atomic mass is 16.5. The molecule has 0 aromatic heterocycles. The maximum atomic E-state index is 10.7. The molecule has 1 aliphatic heterocycles. The number of benzene rings is 3. The Kier molecular flexibility index (Phi) is 8.07. The van der Waals surface area contributed by atoms with Crippen LogP contribution in [0.15, 0.2) is 91.0 Å². The fraction of sp³-hybridized carbons (Fsp3) is 0.357. The number of β-amino-alcohol motifs (C(OH)–C–C–N with tert-alkyl or cyclic N) is 2. The molecule has 0 saturated carbocycles. The number of hydrogen-bond acceptors (Lipinski definition) is 4. The second kappa shape index (κ2) is 11.4. The van der Waals surface area contributed by atoms with E-state index < -0.39 is 12.2 Å². The molecule has 0 spiro atoms. The second-order valence-corrected chi connectivity index (χ2v) is 8.66. The van der Waals surface area contributed by atoms with Gasteiger partial charge in [0.2, 0.25) is 0 Å². The third kappa shape index (κ3) is 6.05. The molecule has 3 atom stereocenters. The Morgan fingerprint density at radius 3 is 1.88 bits per heavy atom. The van der Waals surface area contributed by atoms with Gasteiger partial charge < -0.3 is 14.9 Å². The van der Waals surface area contributed by atoms with Gasteiger partial charge in [-0.1, -0.05) is 91.0 Å². The smallest absolute Gasteiger partial charge is 0.108 e. The van der Waals surface area contributed by atoms with Crippen LogP contribution in [0.3, 0.4) is 0 Å². The molecule has 0 bridgehead atoms. The molecule has 4 heteroatoms. The molecule has 1 fully saturated rings. The number of aliphatic hydroxyl groups is 2. The summed E-state index contributed by atoms with van der Waals surface area (Å²) in [6.07, 6.45) is 0.707. The molecule has 0 amide bonds. The number of ether oxygens (including phenoxy) is 1. The van der Waals surface area contributed by atoms with Crippen molar-refractivity contribution in [3.05, 3.63) is 108 Å². The molecule has 1 saturated heterocycles. The van der Waals surface area contributed by atoms with Crippen LogP contribution in [0.1, 0.15) is 41.7 Å². The lowest BCUT2D eigenvalue weighted by Crippen LogP contribution is -2.45. The van der Waals surface area contributed by atoms with Gasteiger partial charge in [0, 0.05) is 19.7 Å². The lowest BCUT2D eigenvalue weighted by molar-refractivity contribution is -0.0154. The van der Waals surface area contributed by atoms with Crippen molar-refractivity contribution in [3.63, 3.8) is 0 Å². The van der Waals surface area contributed by atoms with Crippen molar-refractivity contribution in [1.29, 1.82) is 0 Å². The second-order valence-electron chi connectivity index (χ2n) is 8.66. The lowest BCUT2D eigenvalue weighted by Gasteiger charge is -2.37. The van der Waals surface area contributed by atoms with E-state index in [1.807, 2.05) is 66.7 Å². The van der Waals surface area contributed by atoms with Gasteiger partial charge in [-0.25, -0.2) is 0 Å². The first-order chi connectivity index (χ1) is 15.7. The van der Waals surface area contributed by atoms with Crippen LogP contribution in [0.25, 0.3) is 0 Å². The first kappa shape index (κ1) is 22.7. The molecule has 3 aromatic rings. The van der Waals surface area contributed by atoms with Crippen LogP contribution in [-0.2, 0) is 4.74 Å². The largest absolute Gasteiger partial charge is 0.392 e. The molecule has 3 aromatic carbocycles. The molecular formula is C28H33NO3. The van der Waals surface area contributed by atoms with E-state index >= 15 is 0 Å². The van der Waals surface area contributed by atoms with Gasteiger partial charge in [-0.15, -0.1) is 0 Å². The van der Waals surface area contributed by atoms with Crippen LogP contribution >= 0.6 is 0 Å². The SMILES string of the molecule is O[C@H](CN1CCC(CCOC(c2ccccc2)c2ccccc2)[C@@H](O)C1)c1ccccc1. The molecule has 168 valence electrons. The first-order valence-corrected chi connectivity index (χ1v) is 11.6. The van der Waals surface area contributed by atoms with Gasteiger partial charge in [0.25, 0.3) is 0 Å². The van der Waals surface area contributed by atoms with E-state index in [2.05, 4.69) is 29.2 Å². The van der Waals surface area contributed by atoms with Crippen molar-refractivity contribution in [2.75, 3.05) is 26.2 Å². The molecule has 32 heavy (non-hydrogen) atoms. The highest BCUT2D eigenvalue weighted by Crippen LogP contribution is 2.28. The Labute approximate surface area is 191 Å². The van der Waals surface area contributed by atoms with Gasteiger partial charge in [0.1, 0.15) is 6.10 Å².